The number of rotatable bonds is 5. The average molecular weight is 294 g/mol. The van der Waals surface area contributed by atoms with Crippen molar-refractivity contribution in [2.24, 2.45) is 5.73 Å². The van der Waals surface area contributed by atoms with Crippen LogP contribution in [0.2, 0.25) is 0 Å². The molecule has 0 bridgehead atoms. The highest BCUT2D eigenvalue weighted by atomic mass is 19.1. The number of hydrogen-bond acceptors (Lipinski definition) is 2. The molecule has 0 unspecified atom stereocenters. The molecule has 0 atom stereocenters. The van der Waals surface area contributed by atoms with Gasteiger partial charge in [-0.15, -0.1) is 0 Å². The summed E-state index contributed by atoms with van der Waals surface area (Å²) in [6.45, 7) is 0.465. The first kappa shape index (κ1) is 14.4. The van der Waals surface area contributed by atoms with Crippen molar-refractivity contribution >= 4 is 5.91 Å². The molecule has 0 aliphatic heterocycles. The van der Waals surface area contributed by atoms with E-state index < -0.39 is 17.0 Å². The van der Waals surface area contributed by atoms with Crippen LogP contribution in [0.3, 0.4) is 0 Å². The van der Waals surface area contributed by atoms with Gasteiger partial charge in [0.05, 0.1) is 5.41 Å². The lowest BCUT2D eigenvalue weighted by Crippen LogP contribution is -2.51. The van der Waals surface area contributed by atoms with E-state index in [0.29, 0.717) is 25.8 Å². The summed E-state index contributed by atoms with van der Waals surface area (Å²) in [6, 6.07) is 3.75. The number of hydrogen-bond donors (Lipinski definition) is 2. The van der Waals surface area contributed by atoms with Crippen LogP contribution in [0.4, 0.5) is 8.78 Å². The van der Waals surface area contributed by atoms with Crippen LogP contribution in [0, 0.1) is 11.6 Å². The Morgan fingerprint density at radius 2 is 1.81 bits per heavy atom. The summed E-state index contributed by atoms with van der Waals surface area (Å²) in [4.78, 5) is 12.5. The minimum atomic E-state index is -1.04. The van der Waals surface area contributed by atoms with Crippen molar-refractivity contribution in [3.8, 4) is 0 Å². The predicted octanol–water partition coefficient (Wildman–Crippen LogP) is 2.38. The highest BCUT2D eigenvalue weighted by Crippen LogP contribution is 2.46. The Kier molecular flexibility index (Phi) is 3.48. The summed E-state index contributed by atoms with van der Waals surface area (Å²) in [5.41, 5.74) is 4.72. The molecular weight excluding hydrogens is 274 g/mol. The lowest BCUT2D eigenvalue weighted by atomic mass is 9.63. The molecule has 2 aliphatic rings. The monoisotopic (exact) mass is 294 g/mol. The smallest absolute Gasteiger partial charge is 0.230 e. The number of amides is 1. The molecule has 0 heterocycles. The molecule has 1 aromatic carbocycles. The van der Waals surface area contributed by atoms with Gasteiger partial charge in [0.2, 0.25) is 5.91 Å². The van der Waals surface area contributed by atoms with E-state index in [-0.39, 0.29) is 17.0 Å². The summed E-state index contributed by atoms with van der Waals surface area (Å²) >= 11 is 0. The Bertz CT molecular complexity index is 545. The molecule has 1 aromatic rings. The van der Waals surface area contributed by atoms with E-state index in [1.165, 1.54) is 18.2 Å². The molecule has 3 N–H and O–H groups in total. The number of carbonyl (C=O) groups is 1. The molecule has 1 amide bonds. The molecule has 0 spiro atoms. The van der Waals surface area contributed by atoms with E-state index >= 15 is 0 Å². The first-order valence-electron chi connectivity index (χ1n) is 7.49. The number of halogens is 2. The van der Waals surface area contributed by atoms with Crippen molar-refractivity contribution < 1.29 is 13.6 Å². The summed E-state index contributed by atoms with van der Waals surface area (Å²) in [7, 11) is 0. The maximum absolute atomic E-state index is 14.0. The van der Waals surface area contributed by atoms with Gasteiger partial charge in [0.15, 0.2) is 0 Å². The Balaban J connectivity index is 1.75. The van der Waals surface area contributed by atoms with Gasteiger partial charge in [-0.2, -0.15) is 0 Å². The van der Waals surface area contributed by atoms with Crippen LogP contribution in [-0.4, -0.2) is 18.0 Å². The largest absolute Gasteiger partial charge is 0.355 e. The zero-order valence-electron chi connectivity index (χ0n) is 11.9. The third-order valence-electron chi connectivity index (χ3n) is 4.88. The summed E-state index contributed by atoms with van der Waals surface area (Å²) < 4.78 is 28.0. The van der Waals surface area contributed by atoms with Crippen LogP contribution < -0.4 is 11.1 Å². The Morgan fingerprint density at radius 3 is 2.29 bits per heavy atom. The summed E-state index contributed by atoms with van der Waals surface area (Å²) in [6.07, 6.45) is 4.47. The topological polar surface area (TPSA) is 55.1 Å². The molecule has 21 heavy (non-hydrogen) atoms. The van der Waals surface area contributed by atoms with Crippen LogP contribution in [0.15, 0.2) is 18.2 Å². The van der Waals surface area contributed by atoms with E-state index in [1.807, 2.05) is 0 Å². The van der Waals surface area contributed by atoms with Gasteiger partial charge in [0.1, 0.15) is 11.6 Å². The van der Waals surface area contributed by atoms with E-state index in [2.05, 4.69) is 5.32 Å². The minimum Gasteiger partial charge on any atom is -0.355 e. The van der Waals surface area contributed by atoms with E-state index in [4.69, 9.17) is 5.73 Å². The first-order chi connectivity index (χ1) is 9.97. The SMILES string of the molecule is NC1(CCNC(=O)C2(c3c(F)cccc3F)CCC2)CC1. The standard InChI is InChI=1S/C16H20F2N2O/c17-11-3-1-4-12(18)13(11)16(5-2-6-16)14(21)20-10-9-15(19)7-8-15/h1,3-4H,2,5-10,19H2,(H,20,21). The molecule has 0 aromatic heterocycles. The van der Waals surface area contributed by atoms with Crippen molar-refractivity contribution in [2.75, 3.05) is 6.54 Å². The third kappa shape index (κ3) is 2.55. The fourth-order valence-electron chi connectivity index (χ4n) is 3.08. The highest BCUT2D eigenvalue weighted by Gasteiger charge is 2.49. The fraction of sp³-hybridized carbons (Fsp3) is 0.562. The zero-order chi connectivity index (χ0) is 15.1. The van der Waals surface area contributed by atoms with Crippen LogP contribution >= 0.6 is 0 Å². The van der Waals surface area contributed by atoms with Gasteiger partial charge in [0.25, 0.3) is 0 Å². The molecule has 5 heteroatoms. The van der Waals surface area contributed by atoms with Crippen molar-refractivity contribution in [1.82, 2.24) is 5.32 Å². The van der Waals surface area contributed by atoms with Gasteiger partial charge >= 0.3 is 0 Å². The number of nitrogens with one attached hydrogen (secondary N) is 1. The third-order valence-corrected chi connectivity index (χ3v) is 4.88. The summed E-state index contributed by atoms with van der Waals surface area (Å²) in [5, 5.41) is 2.82. The van der Waals surface area contributed by atoms with E-state index in [0.717, 1.165) is 19.3 Å². The van der Waals surface area contributed by atoms with Crippen LogP contribution in [0.1, 0.15) is 44.1 Å². The molecule has 0 radical (unpaired) electrons. The van der Waals surface area contributed by atoms with Crippen molar-refractivity contribution in [2.45, 2.75) is 49.5 Å². The molecule has 2 fully saturated rings. The maximum Gasteiger partial charge on any atom is 0.230 e. The number of benzene rings is 1. The first-order valence-corrected chi connectivity index (χ1v) is 7.49. The Labute approximate surface area is 122 Å². The van der Waals surface area contributed by atoms with Gasteiger partial charge in [-0.25, -0.2) is 8.78 Å². The van der Waals surface area contributed by atoms with Crippen LogP contribution in [0.5, 0.6) is 0 Å². The second-order valence-corrected chi connectivity index (χ2v) is 6.40. The van der Waals surface area contributed by atoms with Gasteiger partial charge < -0.3 is 11.1 Å². The Morgan fingerprint density at radius 1 is 1.19 bits per heavy atom. The maximum atomic E-state index is 14.0. The normalized spacial score (nSPS) is 21.5. The van der Waals surface area contributed by atoms with Crippen molar-refractivity contribution in [1.29, 1.82) is 0 Å². The lowest BCUT2D eigenvalue weighted by molar-refractivity contribution is -0.130. The van der Waals surface area contributed by atoms with E-state index in [9.17, 15) is 13.6 Å². The lowest BCUT2D eigenvalue weighted by Gasteiger charge is -2.41. The van der Waals surface area contributed by atoms with Crippen LogP contribution in [0.25, 0.3) is 0 Å². The minimum absolute atomic E-state index is 0.0809. The van der Waals surface area contributed by atoms with Crippen LogP contribution in [-0.2, 0) is 10.2 Å². The van der Waals surface area contributed by atoms with Gasteiger partial charge in [0, 0.05) is 17.6 Å². The second-order valence-electron chi connectivity index (χ2n) is 6.40. The van der Waals surface area contributed by atoms with Crippen molar-refractivity contribution in [3.63, 3.8) is 0 Å². The molecule has 0 saturated heterocycles. The summed E-state index contributed by atoms with van der Waals surface area (Å²) in [5.74, 6) is -1.55. The highest BCUT2D eigenvalue weighted by molar-refractivity contribution is 5.89. The molecule has 2 aliphatic carbocycles. The number of nitrogens with two attached hydrogens (primary N) is 1. The average Bonchev–Trinajstić information content (AvgIpc) is 3.09. The Hall–Kier alpha value is -1.49. The second kappa shape index (κ2) is 5.05. The molecule has 3 rings (SSSR count). The molecule has 114 valence electrons. The van der Waals surface area contributed by atoms with E-state index in [1.54, 1.807) is 0 Å². The van der Waals surface area contributed by atoms with Crippen molar-refractivity contribution in [3.05, 3.63) is 35.4 Å². The van der Waals surface area contributed by atoms with Gasteiger partial charge in [-0.1, -0.05) is 12.5 Å². The zero-order valence-corrected chi connectivity index (χ0v) is 11.9. The quantitative estimate of drug-likeness (QED) is 0.876. The number of carbonyl (C=O) groups excluding carboxylic acids is 1. The predicted molar refractivity (Wildman–Crippen MR) is 75.7 cm³/mol. The molecule has 3 nitrogen and oxygen atoms in total. The molecular formula is C16H20F2N2O. The van der Waals surface area contributed by atoms with Gasteiger partial charge in [-0.05, 0) is 44.2 Å². The van der Waals surface area contributed by atoms with Gasteiger partial charge in [-0.3, -0.25) is 4.79 Å². The molecule has 2 saturated carbocycles. The fourth-order valence-corrected chi connectivity index (χ4v) is 3.08.